The molecule has 2 aromatic heterocycles. The molecule has 1 aromatic carbocycles. The van der Waals surface area contributed by atoms with Gasteiger partial charge < -0.3 is 4.90 Å². The minimum atomic E-state index is -1.48. The van der Waals surface area contributed by atoms with Gasteiger partial charge in [0.05, 0.1) is 18.0 Å². The lowest BCUT2D eigenvalue weighted by Crippen LogP contribution is -2.43. The quantitative estimate of drug-likeness (QED) is 0.481. The highest BCUT2D eigenvalue weighted by molar-refractivity contribution is 7.09. The summed E-state index contributed by atoms with van der Waals surface area (Å²) in [5.74, 6) is -1.77. The number of imide groups is 1. The summed E-state index contributed by atoms with van der Waals surface area (Å²) in [7, 11) is 1.65. The predicted molar refractivity (Wildman–Crippen MR) is 125 cm³/mol. The summed E-state index contributed by atoms with van der Waals surface area (Å²) in [6.07, 6.45) is 2.72. The number of aromatic nitrogens is 2. The number of pyridine rings is 1. The number of carbonyl (C=O) groups excluding carboxylic acids is 3. The smallest absolute Gasteiger partial charge is 0.241 e. The number of carbonyl (C=O) groups is 3. The SMILES string of the molecule is Cc1csc([C@H](C)N(C)C(=O)C[C@]2(c3cccc(F)c3)CC(=O)N(Cc3cccnc3)C2=O)n1. The lowest BCUT2D eigenvalue weighted by atomic mass is 9.75. The monoisotopic (exact) mass is 480 g/mol. The first kappa shape index (κ1) is 23.7. The Kier molecular flexibility index (Phi) is 6.56. The number of aryl methyl sites for hydroxylation is 1. The second kappa shape index (κ2) is 9.42. The maximum absolute atomic E-state index is 14.2. The zero-order valence-corrected chi connectivity index (χ0v) is 20.0. The van der Waals surface area contributed by atoms with Gasteiger partial charge in [-0.15, -0.1) is 11.3 Å². The average molecular weight is 481 g/mol. The highest BCUT2D eigenvalue weighted by atomic mass is 32.1. The molecule has 9 heteroatoms. The highest BCUT2D eigenvalue weighted by Crippen LogP contribution is 2.41. The molecule has 1 aliphatic heterocycles. The molecule has 0 aliphatic carbocycles. The van der Waals surface area contributed by atoms with Gasteiger partial charge in [0.1, 0.15) is 10.8 Å². The summed E-state index contributed by atoms with van der Waals surface area (Å²) >= 11 is 1.46. The van der Waals surface area contributed by atoms with Crippen LogP contribution in [-0.2, 0) is 26.3 Å². The van der Waals surface area contributed by atoms with Crippen molar-refractivity contribution in [3.63, 3.8) is 0 Å². The Morgan fingerprint density at radius 2 is 2.09 bits per heavy atom. The minimum Gasteiger partial charge on any atom is -0.337 e. The third-order valence-corrected chi connectivity index (χ3v) is 7.40. The summed E-state index contributed by atoms with van der Waals surface area (Å²) in [4.78, 5) is 51.4. The van der Waals surface area contributed by atoms with Crippen molar-refractivity contribution in [1.82, 2.24) is 19.8 Å². The number of benzene rings is 1. The van der Waals surface area contributed by atoms with Crippen LogP contribution in [0.5, 0.6) is 0 Å². The lowest BCUT2D eigenvalue weighted by Gasteiger charge is -2.31. The molecular formula is C25H25FN4O3S. The van der Waals surface area contributed by atoms with Crippen molar-refractivity contribution in [2.45, 2.75) is 44.7 Å². The first-order valence-corrected chi connectivity index (χ1v) is 11.8. The van der Waals surface area contributed by atoms with E-state index in [0.29, 0.717) is 11.1 Å². The van der Waals surface area contributed by atoms with Crippen LogP contribution in [0.1, 0.15) is 47.6 Å². The molecule has 0 spiro atoms. The van der Waals surface area contributed by atoms with Crippen LogP contribution in [0.2, 0.25) is 0 Å². The minimum absolute atomic E-state index is 0.0431. The lowest BCUT2D eigenvalue weighted by molar-refractivity contribution is -0.143. The third-order valence-electron chi connectivity index (χ3n) is 6.27. The summed E-state index contributed by atoms with van der Waals surface area (Å²) in [5, 5.41) is 2.69. The average Bonchev–Trinajstić information content (AvgIpc) is 3.36. The van der Waals surface area contributed by atoms with Crippen molar-refractivity contribution in [1.29, 1.82) is 0 Å². The van der Waals surface area contributed by atoms with Crippen LogP contribution in [0.3, 0.4) is 0 Å². The van der Waals surface area contributed by atoms with Crippen LogP contribution in [-0.4, -0.2) is 44.5 Å². The van der Waals surface area contributed by atoms with Crippen LogP contribution in [0, 0.1) is 12.7 Å². The fourth-order valence-corrected chi connectivity index (χ4v) is 5.11. The van der Waals surface area contributed by atoms with Crippen molar-refractivity contribution in [3.8, 4) is 0 Å². The van der Waals surface area contributed by atoms with E-state index in [1.165, 1.54) is 34.4 Å². The number of amides is 3. The van der Waals surface area contributed by atoms with E-state index in [1.807, 2.05) is 19.2 Å². The summed E-state index contributed by atoms with van der Waals surface area (Å²) in [6.45, 7) is 3.79. The van der Waals surface area contributed by atoms with E-state index >= 15 is 0 Å². The number of rotatable bonds is 7. The third kappa shape index (κ3) is 4.48. The molecule has 1 aliphatic rings. The van der Waals surface area contributed by atoms with E-state index in [9.17, 15) is 18.8 Å². The number of hydrogen-bond acceptors (Lipinski definition) is 6. The number of hydrogen-bond donors (Lipinski definition) is 0. The molecule has 4 rings (SSSR count). The molecular weight excluding hydrogens is 455 g/mol. The normalized spacial score (nSPS) is 18.9. The van der Waals surface area contributed by atoms with Gasteiger partial charge in [0.25, 0.3) is 0 Å². The van der Waals surface area contributed by atoms with Gasteiger partial charge in [-0.2, -0.15) is 0 Å². The Morgan fingerprint density at radius 1 is 1.29 bits per heavy atom. The maximum atomic E-state index is 14.2. The summed E-state index contributed by atoms with van der Waals surface area (Å²) in [5.41, 5.74) is 0.395. The fourth-order valence-electron chi connectivity index (χ4n) is 4.22. The van der Waals surface area contributed by atoms with Crippen molar-refractivity contribution >= 4 is 29.1 Å². The Bertz CT molecular complexity index is 1230. The molecule has 3 amide bonds. The molecule has 0 saturated carbocycles. The molecule has 0 unspecified atom stereocenters. The molecule has 7 nitrogen and oxygen atoms in total. The summed E-state index contributed by atoms with van der Waals surface area (Å²) in [6, 6.07) is 8.78. The Hall–Kier alpha value is -3.46. The van der Waals surface area contributed by atoms with Crippen LogP contribution in [0.4, 0.5) is 4.39 Å². The van der Waals surface area contributed by atoms with Gasteiger partial charge in [0.2, 0.25) is 17.7 Å². The Labute approximate surface area is 201 Å². The molecule has 34 heavy (non-hydrogen) atoms. The van der Waals surface area contributed by atoms with E-state index in [4.69, 9.17) is 0 Å². The predicted octanol–water partition coefficient (Wildman–Crippen LogP) is 3.79. The molecule has 1 fully saturated rings. The molecule has 0 N–H and O–H groups in total. The van der Waals surface area contributed by atoms with Gasteiger partial charge in [-0.25, -0.2) is 9.37 Å². The second-order valence-corrected chi connectivity index (χ2v) is 9.49. The van der Waals surface area contributed by atoms with Crippen molar-refractivity contribution in [2.75, 3.05) is 7.05 Å². The first-order valence-electron chi connectivity index (χ1n) is 10.9. The molecule has 3 aromatic rings. The van der Waals surface area contributed by atoms with Gasteiger partial charge in [-0.3, -0.25) is 24.3 Å². The van der Waals surface area contributed by atoms with Gasteiger partial charge in [-0.1, -0.05) is 18.2 Å². The van der Waals surface area contributed by atoms with Crippen molar-refractivity contribution in [2.24, 2.45) is 0 Å². The van der Waals surface area contributed by atoms with E-state index in [2.05, 4.69) is 9.97 Å². The Morgan fingerprint density at radius 3 is 2.74 bits per heavy atom. The molecule has 0 bridgehead atoms. The van der Waals surface area contributed by atoms with Gasteiger partial charge in [0.15, 0.2) is 0 Å². The molecule has 1 saturated heterocycles. The molecule has 2 atom stereocenters. The van der Waals surface area contributed by atoms with Crippen LogP contribution < -0.4 is 0 Å². The largest absolute Gasteiger partial charge is 0.337 e. The van der Waals surface area contributed by atoms with E-state index in [-0.39, 0.29) is 31.3 Å². The van der Waals surface area contributed by atoms with E-state index in [1.54, 1.807) is 37.6 Å². The first-order chi connectivity index (χ1) is 16.2. The second-order valence-electron chi connectivity index (χ2n) is 8.60. The zero-order valence-electron chi connectivity index (χ0n) is 19.2. The topological polar surface area (TPSA) is 83.5 Å². The standard InChI is InChI=1S/C25H25FN4O3S/c1-16-15-34-23(28-16)17(2)29(3)21(31)11-25(19-7-4-8-20(26)10-19)12-22(32)30(24(25)33)14-18-6-5-9-27-13-18/h4-10,13,15,17H,11-12,14H2,1-3H3/t17-,25+/m0/s1. The number of likely N-dealkylation sites (tertiary alicyclic amines) is 1. The van der Waals surface area contributed by atoms with Crippen LogP contribution in [0.25, 0.3) is 0 Å². The van der Waals surface area contributed by atoms with Crippen molar-refractivity contribution in [3.05, 3.63) is 81.8 Å². The van der Waals surface area contributed by atoms with Gasteiger partial charge in [-0.05, 0) is 43.2 Å². The Balaban J connectivity index is 1.66. The van der Waals surface area contributed by atoms with Crippen LogP contribution >= 0.6 is 11.3 Å². The highest BCUT2D eigenvalue weighted by Gasteiger charge is 2.54. The van der Waals surface area contributed by atoms with Crippen LogP contribution in [0.15, 0.2) is 54.2 Å². The van der Waals surface area contributed by atoms with E-state index < -0.39 is 23.0 Å². The maximum Gasteiger partial charge on any atom is 0.241 e. The molecule has 0 radical (unpaired) electrons. The molecule has 3 heterocycles. The number of thiazole rings is 1. The summed E-state index contributed by atoms with van der Waals surface area (Å²) < 4.78 is 14.2. The van der Waals surface area contributed by atoms with Crippen molar-refractivity contribution < 1.29 is 18.8 Å². The van der Waals surface area contributed by atoms with Gasteiger partial charge in [0, 0.05) is 43.4 Å². The molecule has 176 valence electrons. The van der Waals surface area contributed by atoms with E-state index in [0.717, 1.165) is 15.6 Å². The van der Waals surface area contributed by atoms with Gasteiger partial charge >= 0.3 is 0 Å². The number of nitrogens with zero attached hydrogens (tertiary/aromatic N) is 4. The zero-order chi connectivity index (χ0) is 24.5. The fraction of sp³-hybridized carbons (Fsp3) is 0.320. The number of halogens is 1.